The van der Waals surface area contributed by atoms with E-state index in [4.69, 9.17) is 16.1 Å². The molecule has 0 spiro atoms. The van der Waals surface area contributed by atoms with Crippen molar-refractivity contribution < 1.29 is 9.63 Å². The maximum atomic E-state index is 9.26. The van der Waals surface area contributed by atoms with Gasteiger partial charge in [-0.1, -0.05) is 57.0 Å². The number of hydrogen-bond donors (Lipinski definition) is 1. The van der Waals surface area contributed by atoms with Gasteiger partial charge in [-0.15, -0.1) is 0 Å². The minimum absolute atomic E-state index is 0.197. The molecular weight excluding hydrogens is 368 g/mol. The second kappa shape index (κ2) is 6.34. The maximum Gasteiger partial charge on any atom is 0.269 e. The van der Waals surface area contributed by atoms with Gasteiger partial charge in [0.1, 0.15) is 10.8 Å². The number of aromatic nitrogens is 2. The third-order valence-corrected chi connectivity index (χ3v) is 3.66. The summed E-state index contributed by atoms with van der Waals surface area (Å²) < 4.78 is 6.12. The van der Waals surface area contributed by atoms with Gasteiger partial charge < -0.3 is 9.63 Å². The average Bonchev–Trinajstić information content (AvgIpc) is 3.00. The van der Waals surface area contributed by atoms with Crippen LogP contribution in [0.5, 0.6) is 5.75 Å². The number of benzene rings is 2. The molecule has 22 heavy (non-hydrogen) atoms. The first-order valence-corrected chi connectivity index (χ1v) is 7.55. The minimum Gasteiger partial charge on any atom is -0.508 e. The molecule has 0 fully saturated rings. The molecule has 6 heteroatoms. The van der Waals surface area contributed by atoms with E-state index in [0.29, 0.717) is 10.9 Å². The van der Waals surface area contributed by atoms with E-state index < -0.39 is 0 Å². The Labute approximate surface area is 140 Å². The second-order valence-electron chi connectivity index (χ2n) is 4.52. The lowest BCUT2D eigenvalue weighted by molar-refractivity contribution is 0.410. The Kier molecular flexibility index (Phi) is 4.27. The van der Waals surface area contributed by atoms with Crippen molar-refractivity contribution in [2.24, 2.45) is 0 Å². The summed E-state index contributed by atoms with van der Waals surface area (Å²) in [7, 11) is 0. The summed E-state index contributed by atoms with van der Waals surface area (Å²) in [6, 6.07) is 14.2. The highest BCUT2D eigenvalue weighted by Crippen LogP contribution is 2.25. The molecule has 0 amide bonds. The first kappa shape index (κ1) is 14.8. The first-order valence-electron chi connectivity index (χ1n) is 6.38. The van der Waals surface area contributed by atoms with Gasteiger partial charge in [0.25, 0.3) is 5.89 Å². The van der Waals surface area contributed by atoms with Crippen molar-refractivity contribution in [3.63, 3.8) is 0 Å². The molecule has 0 aliphatic heterocycles. The van der Waals surface area contributed by atoms with Crippen LogP contribution in [0.4, 0.5) is 0 Å². The number of rotatable bonds is 3. The molecule has 3 rings (SSSR count). The molecule has 1 heterocycles. The summed E-state index contributed by atoms with van der Waals surface area (Å²) in [6.07, 6.45) is 1.69. The van der Waals surface area contributed by atoms with E-state index in [-0.39, 0.29) is 11.6 Å². The van der Waals surface area contributed by atoms with Crippen molar-refractivity contribution >= 4 is 38.6 Å². The van der Waals surface area contributed by atoms with Crippen LogP contribution in [0.1, 0.15) is 11.5 Å². The van der Waals surface area contributed by atoms with E-state index in [0.717, 1.165) is 15.6 Å². The van der Waals surface area contributed by atoms with E-state index in [1.807, 2.05) is 24.3 Å². The van der Waals surface area contributed by atoms with Gasteiger partial charge in [0, 0.05) is 10.0 Å². The summed E-state index contributed by atoms with van der Waals surface area (Å²) in [6.45, 7) is 0. The van der Waals surface area contributed by atoms with Crippen LogP contribution in [-0.2, 0) is 0 Å². The highest BCUT2D eigenvalue weighted by molar-refractivity contribution is 9.10. The molecule has 110 valence electrons. The molecule has 3 aromatic rings. The molecular formula is C16H10BrClN2O2. The van der Waals surface area contributed by atoms with Crippen LogP contribution in [0.15, 0.2) is 57.5 Å². The minimum atomic E-state index is 0.197. The van der Waals surface area contributed by atoms with Crippen LogP contribution in [0.3, 0.4) is 0 Å². The Morgan fingerprint density at radius 1 is 1.18 bits per heavy atom. The molecule has 1 aromatic heterocycles. The van der Waals surface area contributed by atoms with Crippen LogP contribution < -0.4 is 0 Å². The van der Waals surface area contributed by atoms with Crippen molar-refractivity contribution in [2.75, 3.05) is 0 Å². The van der Waals surface area contributed by atoms with Crippen LogP contribution in [-0.4, -0.2) is 15.2 Å². The van der Waals surface area contributed by atoms with Crippen molar-refractivity contribution in [3.05, 3.63) is 64.5 Å². The Morgan fingerprint density at radius 2 is 1.95 bits per heavy atom. The monoisotopic (exact) mass is 376 g/mol. The topological polar surface area (TPSA) is 59.2 Å². The van der Waals surface area contributed by atoms with Crippen LogP contribution in [0.25, 0.3) is 22.5 Å². The lowest BCUT2D eigenvalue weighted by atomic mass is 10.2. The van der Waals surface area contributed by atoms with Crippen LogP contribution >= 0.6 is 27.5 Å². The zero-order valence-electron chi connectivity index (χ0n) is 11.2. The highest BCUT2D eigenvalue weighted by atomic mass is 79.9. The molecule has 1 N–H and O–H groups in total. The highest BCUT2D eigenvalue weighted by Gasteiger charge is 2.11. The molecule has 0 bridgehead atoms. The lowest BCUT2D eigenvalue weighted by Gasteiger charge is -1.95. The standard InChI is InChI=1S/C16H10BrClN2O2/c17-12-3-1-2-11(9-12)15-19-16(22-20-15)14(18)8-10-4-6-13(21)7-5-10/h1-9,21H/b14-8-. The predicted octanol–water partition coefficient (Wildman–Crippen LogP) is 4.94. The molecule has 0 saturated heterocycles. The van der Waals surface area contributed by atoms with Gasteiger partial charge in [0.15, 0.2) is 0 Å². The Hall–Kier alpha value is -2.11. The molecule has 0 aliphatic rings. The summed E-state index contributed by atoms with van der Waals surface area (Å²) in [5, 5.41) is 13.5. The normalized spacial score (nSPS) is 11.6. The van der Waals surface area contributed by atoms with Crippen molar-refractivity contribution in [3.8, 4) is 17.1 Å². The van der Waals surface area contributed by atoms with E-state index in [1.165, 1.54) is 0 Å². The van der Waals surface area contributed by atoms with Gasteiger partial charge in [-0.2, -0.15) is 4.98 Å². The van der Waals surface area contributed by atoms with Gasteiger partial charge in [-0.3, -0.25) is 0 Å². The fourth-order valence-corrected chi connectivity index (χ4v) is 2.45. The molecule has 0 radical (unpaired) electrons. The summed E-state index contributed by atoms with van der Waals surface area (Å²) >= 11 is 9.61. The fourth-order valence-electron chi connectivity index (χ4n) is 1.84. The van der Waals surface area contributed by atoms with Gasteiger partial charge >= 0.3 is 0 Å². The number of hydrogen-bond acceptors (Lipinski definition) is 4. The number of phenolic OH excluding ortho intramolecular Hbond substituents is 1. The zero-order valence-corrected chi connectivity index (χ0v) is 13.5. The molecule has 4 nitrogen and oxygen atoms in total. The fraction of sp³-hybridized carbons (Fsp3) is 0. The van der Waals surface area contributed by atoms with Crippen LogP contribution in [0, 0.1) is 0 Å². The van der Waals surface area contributed by atoms with E-state index in [9.17, 15) is 5.11 Å². The van der Waals surface area contributed by atoms with Gasteiger partial charge in [-0.05, 0) is 35.9 Å². The smallest absolute Gasteiger partial charge is 0.269 e. The first-order chi connectivity index (χ1) is 10.6. The number of nitrogens with zero attached hydrogens (tertiary/aromatic N) is 2. The number of phenols is 1. The van der Waals surface area contributed by atoms with Gasteiger partial charge in [0.2, 0.25) is 5.82 Å². The molecule has 0 saturated carbocycles. The van der Waals surface area contributed by atoms with Gasteiger partial charge in [0.05, 0.1) is 0 Å². The Morgan fingerprint density at radius 3 is 2.68 bits per heavy atom. The van der Waals surface area contributed by atoms with Crippen molar-refractivity contribution in [2.45, 2.75) is 0 Å². The third kappa shape index (κ3) is 3.37. The van der Waals surface area contributed by atoms with Gasteiger partial charge in [-0.25, -0.2) is 0 Å². The lowest BCUT2D eigenvalue weighted by Crippen LogP contribution is -1.82. The van der Waals surface area contributed by atoms with E-state index in [1.54, 1.807) is 30.3 Å². The number of halogens is 2. The molecule has 0 unspecified atom stereocenters. The molecule has 0 atom stereocenters. The third-order valence-electron chi connectivity index (χ3n) is 2.90. The van der Waals surface area contributed by atoms with E-state index in [2.05, 4.69) is 26.1 Å². The summed E-state index contributed by atoms with van der Waals surface area (Å²) in [5.41, 5.74) is 1.66. The second-order valence-corrected chi connectivity index (χ2v) is 5.84. The van der Waals surface area contributed by atoms with Crippen LogP contribution in [0.2, 0.25) is 0 Å². The molecule has 0 aliphatic carbocycles. The largest absolute Gasteiger partial charge is 0.508 e. The molecule has 2 aromatic carbocycles. The van der Waals surface area contributed by atoms with E-state index >= 15 is 0 Å². The summed E-state index contributed by atoms with van der Waals surface area (Å²) in [4.78, 5) is 4.29. The average molecular weight is 378 g/mol. The Bertz CT molecular complexity index is 828. The zero-order chi connectivity index (χ0) is 15.5. The predicted molar refractivity (Wildman–Crippen MR) is 89.3 cm³/mol. The SMILES string of the molecule is Oc1ccc(/C=C(\Cl)c2nc(-c3cccc(Br)c3)no2)cc1. The Balaban J connectivity index is 1.88. The quantitative estimate of drug-likeness (QED) is 0.702. The van der Waals surface area contributed by atoms with Crippen molar-refractivity contribution in [1.29, 1.82) is 0 Å². The van der Waals surface area contributed by atoms with Crippen molar-refractivity contribution in [1.82, 2.24) is 10.1 Å². The number of aromatic hydroxyl groups is 1. The summed E-state index contributed by atoms with van der Waals surface area (Å²) in [5.74, 6) is 0.904. The maximum absolute atomic E-state index is 9.26.